The van der Waals surface area contributed by atoms with Crippen LogP contribution in [-0.2, 0) is 9.53 Å². The Morgan fingerprint density at radius 3 is 2.42 bits per heavy atom. The number of nitrogens with zero attached hydrogens (tertiary/aromatic N) is 3. The molecule has 1 saturated heterocycles. The Balaban J connectivity index is 1.64. The van der Waals surface area contributed by atoms with Crippen molar-refractivity contribution in [2.75, 3.05) is 60.6 Å². The average Bonchev–Trinajstić information content (AvgIpc) is 3.20. The van der Waals surface area contributed by atoms with Crippen molar-refractivity contribution < 1.29 is 28.6 Å². The Bertz CT molecular complexity index is 1280. The zero-order valence-corrected chi connectivity index (χ0v) is 23.9. The molecule has 2 aliphatic heterocycles. The van der Waals surface area contributed by atoms with E-state index in [1.165, 1.54) is 12.0 Å². The van der Waals surface area contributed by atoms with Gasteiger partial charge in [0.1, 0.15) is 11.5 Å². The lowest BCUT2D eigenvalue weighted by Gasteiger charge is -2.37. The second-order valence-corrected chi connectivity index (χ2v) is 9.92. The molecule has 214 valence electrons. The molecular formula is C30H38N4O6. The van der Waals surface area contributed by atoms with Crippen LogP contribution in [0.3, 0.4) is 0 Å². The van der Waals surface area contributed by atoms with Crippen LogP contribution in [0.2, 0.25) is 0 Å². The van der Waals surface area contributed by atoms with E-state index in [-0.39, 0.29) is 18.5 Å². The number of hydrogen-bond acceptors (Lipinski definition) is 7. The van der Waals surface area contributed by atoms with Crippen molar-refractivity contribution in [1.82, 2.24) is 20.0 Å². The number of carbonyl (C=O) groups excluding carboxylic acids is 3. The molecular weight excluding hydrogens is 512 g/mol. The molecule has 2 aromatic rings. The van der Waals surface area contributed by atoms with Crippen molar-refractivity contribution in [3.05, 3.63) is 70.4 Å². The average molecular weight is 551 g/mol. The molecule has 3 amide bonds. The van der Waals surface area contributed by atoms with Gasteiger partial charge in [-0.3, -0.25) is 14.6 Å². The third-order valence-corrected chi connectivity index (χ3v) is 7.37. The summed E-state index contributed by atoms with van der Waals surface area (Å²) in [5.41, 5.74) is 3.26. The molecule has 10 nitrogen and oxygen atoms in total. The first-order valence-corrected chi connectivity index (χ1v) is 13.5. The summed E-state index contributed by atoms with van der Waals surface area (Å²) in [5.74, 6) is 0.578. The maximum absolute atomic E-state index is 13.4. The third kappa shape index (κ3) is 6.22. The standard InChI is InChI=1S/C30H38N4O6/c1-6-40-29(36)26-24(32(3)30(37)31-27(26)23-18-22(38-4)12-13-25(23)39-5)19-33-14-7-15-34(17-16-33)28(35)21-10-8-20(2)9-11-21/h8-13,18,27H,6-7,14-17,19H2,1-5H3,(H,31,37). The Labute approximate surface area is 235 Å². The van der Waals surface area contributed by atoms with Crippen LogP contribution in [0.4, 0.5) is 4.79 Å². The number of hydrogen-bond donors (Lipinski definition) is 1. The smallest absolute Gasteiger partial charge is 0.338 e. The van der Waals surface area contributed by atoms with Crippen molar-refractivity contribution >= 4 is 17.9 Å². The van der Waals surface area contributed by atoms with Gasteiger partial charge in [-0.15, -0.1) is 0 Å². The molecule has 10 heteroatoms. The van der Waals surface area contributed by atoms with Crippen LogP contribution in [0.1, 0.15) is 40.9 Å². The number of methoxy groups -OCH3 is 2. The number of aryl methyl sites for hydroxylation is 1. The Hall–Kier alpha value is -4.05. The van der Waals surface area contributed by atoms with Gasteiger partial charge in [-0.2, -0.15) is 0 Å². The highest BCUT2D eigenvalue weighted by Gasteiger charge is 2.39. The van der Waals surface area contributed by atoms with Gasteiger partial charge >= 0.3 is 12.0 Å². The molecule has 1 fully saturated rings. The highest BCUT2D eigenvalue weighted by atomic mass is 16.5. The topological polar surface area (TPSA) is 101 Å². The quantitative estimate of drug-likeness (QED) is 0.503. The predicted molar refractivity (Wildman–Crippen MR) is 150 cm³/mol. The minimum Gasteiger partial charge on any atom is -0.497 e. The van der Waals surface area contributed by atoms with Gasteiger partial charge in [0.2, 0.25) is 0 Å². The summed E-state index contributed by atoms with van der Waals surface area (Å²) in [7, 11) is 4.74. The maximum Gasteiger partial charge on any atom is 0.338 e. The first-order chi connectivity index (χ1) is 19.3. The molecule has 1 atom stereocenters. The fourth-order valence-electron chi connectivity index (χ4n) is 5.12. The van der Waals surface area contributed by atoms with E-state index in [0.717, 1.165) is 12.0 Å². The number of nitrogens with one attached hydrogen (secondary N) is 1. The van der Waals surface area contributed by atoms with Gasteiger partial charge < -0.3 is 24.4 Å². The predicted octanol–water partition coefficient (Wildman–Crippen LogP) is 3.37. The Morgan fingerprint density at radius 2 is 1.75 bits per heavy atom. The molecule has 2 aliphatic rings. The first kappa shape index (κ1) is 28.9. The van der Waals surface area contributed by atoms with E-state index < -0.39 is 12.0 Å². The highest BCUT2D eigenvalue weighted by Crippen LogP contribution is 2.38. The molecule has 2 heterocycles. The summed E-state index contributed by atoms with van der Waals surface area (Å²) < 4.78 is 16.5. The van der Waals surface area contributed by atoms with Crippen LogP contribution >= 0.6 is 0 Å². The van der Waals surface area contributed by atoms with Crippen molar-refractivity contribution in [3.63, 3.8) is 0 Å². The van der Waals surface area contributed by atoms with Crippen LogP contribution < -0.4 is 14.8 Å². The molecule has 0 aromatic heterocycles. The monoisotopic (exact) mass is 550 g/mol. The fraction of sp³-hybridized carbons (Fsp3) is 0.433. The zero-order valence-electron chi connectivity index (χ0n) is 23.9. The second kappa shape index (κ2) is 12.9. The van der Waals surface area contributed by atoms with E-state index in [9.17, 15) is 14.4 Å². The number of rotatable bonds is 8. The first-order valence-electron chi connectivity index (χ1n) is 13.5. The summed E-state index contributed by atoms with van der Waals surface area (Å²) in [6.07, 6.45) is 0.767. The lowest BCUT2D eigenvalue weighted by Crippen LogP contribution is -2.49. The third-order valence-electron chi connectivity index (χ3n) is 7.37. The molecule has 0 radical (unpaired) electrons. The Morgan fingerprint density at radius 1 is 1.00 bits per heavy atom. The van der Waals surface area contributed by atoms with Gasteiger partial charge in [0.25, 0.3) is 5.91 Å². The Kier molecular flexibility index (Phi) is 9.31. The normalized spacial score (nSPS) is 18.2. The maximum atomic E-state index is 13.4. The summed E-state index contributed by atoms with van der Waals surface area (Å²) in [5, 5.41) is 2.94. The minimum absolute atomic E-state index is 0.00706. The summed E-state index contributed by atoms with van der Waals surface area (Å²) in [6, 6.07) is 11.7. The van der Waals surface area contributed by atoms with Crippen LogP contribution in [0, 0.1) is 6.92 Å². The van der Waals surface area contributed by atoms with Gasteiger partial charge in [0, 0.05) is 56.6 Å². The van der Waals surface area contributed by atoms with Gasteiger partial charge in [-0.1, -0.05) is 17.7 Å². The van der Waals surface area contributed by atoms with Gasteiger partial charge in [0.05, 0.1) is 32.4 Å². The van der Waals surface area contributed by atoms with Crippen LogP contribution in [-0.4, -0.2) is 93.2 Å². The molecule has 0 saturated carbocycles. The van der Waals surface area contributed by atoms with Gasteiger partial charge in [0.15, 0.2) is 0 Å². The van der Waals surface area contributed by atoms with Crippen LogP contribution in [0.5, 0.6) is 11.5 Å². The number of urea groups is 1. The lowest BCUT2D eigenvalue weighted by molar-refractivity contribution is -0.139. The van der Waals surface area contributed by atoms with Crippen molar-refractivity contribution in [2.24, 2.45) is 0 Å². The van der Waals surface area contributed by atoms with E-state index in [0.29, 0.717) is 66.6 Å². The van der Waals surface area contributed by atoms with E-state index in [1.54, 1.807) is 39.3 Å². The largest absolute Gasteiger partial charge is 0.497 e. The number of esters is 1. The van der Waals surface area contributed by atoms with E-state index >= 15 is 0 Å². The number of amides is 3. The summed E-state index contributed by atoms with van der Waals surface area (Å²) in [4.78, 5) is 45.3. The minimum atomic E-state index is -0.797. The second-order valence-electron chi connectivity index (χ2n) is 9.92. The van der Waals surface area contributed by atoms with E-state index in [1.807, 2.05) is 36.1 Å². The lowest BCUT2D eigenvalue weighted by atomic mass is 9.93. The van der Waals surface area contributed by atoms with Gasteiger partial charge in [-0.25, -0.2) is 9.59 Å². The fourth-order valence-corrected chi connectivity index (χ4v) is 5.12. The van der Waals surface area contributed by atoms with E-state index in [4.69, 9.17) is 14.2 Å². The molecule has 0 bridgehead atoms. The molecule has 40 heavy (non-hydrogen) atoms. The van der Waals surface area contributed by atoms with Crippen LogP contribution in [0.25, 0.3) is 0 Å². The summed E-state index contributed by atoms with van der Waals surface area (Å²) in [6.45, 7) is 6.75. The molecule has 0 spiro atoms. The van der Waals surface area contributed by atoms with Crippen molar-refractivity contribution in [1.29, 1.82) is 0 Å². The molecule has 1 unspecified atom stereocenters. The number of likely N-dealkylation sites (N-methyl/N-ethyl adjacent to an activating group) is 1. The number of carbonyl (C=O) groups is 3. The number of benzene rings is 2. The molecule has 4 rings (SSSR count). The molecule has 1 N–H and O–H groups in total. The summed E-state index contributed by atoms with van der Waals surface area (Å²) >= 11 is 0. The van der Waals surface area contributed by atoms with Gasteiger partial charge in [-0.05, 0) is 50.6 Å². The van der Waals surface area contributed by atoms with E-state index in [2.05, 4.69) is 10.2 Å². The molecule has 0 aliphatic carbocycles. The SMILES string of the molecule is CCOC(=O)C1=C(CN2CCCN(C(=O)c3ccc(C)cc3)CC2)N(C)C(=O)NC1c1cc(OC)ccc1OC. The molecule has 2 aromatic carbocycles. The van der Waals surface area contributed by atoms with Crippen LogP contribution in [0.15, 0.2) is 53.7 Å². The number of ether oxygens (including phenoxy) is 3. The van der Waals surface area contributed by atoms with Crippen molar-refractivity contribution in [3.8, 4) is 11.5 Å². The zero-order chi connectivity index (χ0) is 28.8. The highest BCUT2D eigenvalue weighted by molar-refractivity contribution is 5.95. The van der Waals surface area contributed by atoms with Crippen molar-refractivity contribution in [2.45, 2.75) is 26.3 Å².